The Labute approximate surface area is 107 Å². The minimum atomic E-state index is 0.762. The summed E-state index contributed by atoms with van der Waals surface area (Å²) in [6, 6.07) is 3.98. The van der Waals surface area contributed by atoms with E-state index in [4.69, 9.17) is 0 Å². The molecule has 0 aliphatic carbocycles. The van der Waals surface area contributed by atoms with Gasteiger partial charge in [-0.25, -0.2) is 4.98 Å². The first kappa shape index (κ1) is 12.3. The van der Waals surface area contributed by atoms with Gasteiger partial charge in [-0.15, -0.1) is 0 Å². The number of hydrogen-bond donors (Lipinski definition) is 1. The van der Waals surface area contributed by atoms with E-state index in [1.54, 1.807) is 18.6 Å². The van der Waals surface area contributed by atoms with Crippen LogP contribution in [0.2, 0.25) is 0 Å². The maximum Gasteiger partial charge on any atom is 0.149 e. The number of nitrogens with zero attached hydrogens (tertiary/aromatic N) is 4. The molecule has 0 aromatic carbocycles. The topological polar surface area (TPSA) is 53.9 Å². The summed E-state index contributed by atoms with van der Waals surface area (Å²) in [5.74, 6) is 1.64. The number of aromatic nitrogens is 3. The summed E-state index contributed by atoms with van der Waals surface area (Å²) in [5.41, 5.74) is 1.15. The van der Waals surface area contributed by atoms with Crippen molar-refractivity contribution in [3.05, 3.63) is 42.5 Å². The van der Waals surface area contributed by atoms with E-state index in [0.717, 1.165) is 30.3 Å². The van der Waals surface area contributed by atoms with Crippen LogP contribution in [-0.2, 0) is 6.54 Å². The average molecular weight is 243 g/mol. The van der Waals surface area contributed by atoms with Crippen LogP contribution in [0.1, 0.15) is 12.5 Å². The highest BCUT2D eigenvalue weighted by Gasteiger charge is 2.05. The zero-order valence-corrected chi connectivity index (χ0v) is 10.7. The maximum absolute atomic E-state index is 4.49. The van der Waals surface area contributed by atoms with Gasteiger partial charge in [-0.3, -0.25) is 9.97 Å². The molecule has 0 spiro atoms. The van der Waals surface area contributed by atoms with Gasteiger partial charge in [-0.1, -0.05) is 6.07 Å². The van der Waals surface area contributed by atoms with Crippen LogP contribution in [0.3, 0.4) is 0 Å². The van der Waals surface area contributed by atoms with Gasteiger partial charge in [0.2, 0.25) is 0 Å². The van der Waals surface area contributed by atoms with Crippen LogP contribution in [0, 0.1) is 0 Å². The molecule has 2 heterocycles. The standard InChI is InChI=1S/C13H17N5/c1-3-16-12-8-15-9-13(17-12)18(2)10-11-5-4-6-14-7-11/h4-9H,3,10H2,1-2H3,(H,16,17). The van der Waals surface area contributed by atoms with Crippen molar-refractivity contribution in [2.24, 2.45) is 0 Å². The van der Waals surface area contributed by atoms with E-state index in [0.29, 0.717) is 0 Å². The lowest BCUT2D eigenvalue weighted by molar-refractivity contribution is 0.884. The molecule has 2 aromatic heterocycles. The second kappa shape index (κ2) is 5.95. The van der Waals surface area contributed by atoms with Gasteiger partial charge in [0.25, 0.3) is 0 Å². The molecule has 0 atom stereocenters. The molecule has 2 rings (SSSR count). The summed E-state index contributed by atoms with van der Waals surface area (Å²) in [6.07, 6.45) is 7.12. The highest BCUT2D eigenvalue weighted by molar-refractivity contribution is 5.43. The maximum atomic E-state index is 4.49. The van der Waals surface area contributed by atoms with Crippen LogP contribution >= 0.6 is 0 Å². The highest BCUT2D eigenvalue weighted by Crippen LogP contribution is 2.13. The highest BCUT2D eigenvalue weighted by atomic mass is 15.2. The zero-order chi connectivity index (χ0) is 12.8. The van der Waals surface area contributed by atoms with E-state index >= 15 is 0 Å². The summed E-state index contributed by atoms with van der Waals surface area (Å²) in [4.78, 5) is 14.8. The Morgan fingerprint density at radius 2 is 2.11 bits per heavy atom. The monoisotopic (exact) mass is 243 g/mol. The molecule has 0 saturated heterocycles. The molecule has 18 heavy (non-hydrogen) atoms. The Morgan fingerprint density at radius 1 is 1.22 bits per heavy atom. The smallest absolute Gasteiger partial charge is 0.149 e. The number of anilines is 2. The summed E-state index contributed by atoms with van der Waals surface area (Å²) in [5, 5.41) is 3.15. The Kier molecular flexibility index (Phi) is 4.06. The fourth-order valence-electron chi connectivity index (χ4n) is 1.65. The quantitative estimate of drug-likeness (QED) is 0.869. The molecule has 0 saturated carbocycles. The minimum absolute atomic E-state index is 0.762. The van der Waals surface area contributed by atoms with E-state index in [9.17, 15) is 0 Å². The summed E-state index contributed by atoms with van der Waals surface area (Å²) >= 11 is 0. The molecule has 0 radical (unpaired) electrons. The summed E-state index contributed by atoms with van der Waals surface area (Å²) in [7, 11) is 1.99. The SMILES string of the molecule is CCNc1cncc(N(C)Cc2cccnc2)n1. The lowest BCUT2D eigenvalue weighted by atomic mass is 10.3. The van der Waals surface area contributed by atoms with Crippen LogP contribution in [0.25, 0.3) is 0 Å². The van der Waals surface area contributed by atoms with E-state index in [1.165, 1.54) is 0 Å². The number of pyridine rings is 1. The van der Waals surface area contributed by atoms with Crippen LogP contribution in [0.5, 0.6) is 0 Å². The molecule has 0 fully saturated rings. The van der Waals surface area contributed by atoms with E-state index in [2.05, 4.69) is 20.3 Å². The molecule has 0 unspecified atom stereocenters. The zero-order valence-electron chi connectivity index (χ0n) is 10.7. The Balaban J connectivity index is 2.08. The molecule has 0 aliphatic heterocycles. The van der Waals surface area contributed by atoms with Crippen molar-refractivity contribution in [2.45, 2.75) is 13.5 Å². The molecule has 5 heteroatoms. The fourth-order valence-corrected chi connectivity index (χ4v) is 1.65. The third-order valence-corrected chi connectivity index (χ3v) is 2.51. The largest absolute Gasteiger partial charge is 0.369 e. The van der Waals surface area contributed by atoms with Crippen LogP contribution in [-0.4, -0.2) is 28.5 Å². The predicted molar refractivity (Wildman–Crippen MR) is 72.5 cm³/mol. The molecule has 94 valence electrons. The molecule has 1 N–H and O–H groups in total. The van der Waals surface area contributed by atoms with Gasteiger partial charge in [0.1, 0.15) is 11.6 Å². The van der Waals surface area contributed by atoms with Gasteiger partial charge < -0.3 is 10.2 Å². The van der Waals surface area contributed by atoms with Gasteiger partial charge in [-0.05, 0) is 18.6 Å². The average Bonchev–Trinajstić information content (AvgIpc) is 2.40. The van der Waals surface area contributed by atoms with Crippen LogP contribution in [0.4, 0.5) is 11.6 Å². The van der Waals surface area contributed by atoms with Crippen LogP contribution < -0.4 is 10.2 Å². The van der Waals surface area contributed by atoms with Crippen molar-refractivity contribution >= 4 is 11.6 Å². The van der Waals surface area contributed by atoms with E-state index < -0.39 is 0 Å². The van der Waals surface area contributed by atoms with Crippen molar-refractivity contribution in [2.75, 3.05) is 23.8 Å². The molecule has 5 nitrogen and oxygen atoms in total. The Morgan fingerprint density at radius 3 is 2.83 bits per heavy atom. The van der Waals surface area contributed by atoms with E-state index in [-0.39, 0.29) is 0 Å². The van der Waals surface area contributed by atoms with Gasteiger partial charge in [-0.2, -0.15) is 0 Å². The minimum Gasteiger partial charge on any atom is -0.369 e. The third kappa shape index (κ3) is 3.16. The molecule has 0 aliphatic rings. The second-order valence-corrected chi connectivity index (χ2v) is 4.01. The first-order valence-corrected chi connectivity index (χ1v) is 5.95. The molecule has 2 aromatic rings. The number of rotatable bonds is 5. The van der Waals surface area contributed by atoms with Crippen molar-refractivity contribution in [1.82, 2.24) is 15.0 Å². The second-order valence-electron chi connectivity index (χ2n) is 4.01. The first-order chi connectivity index (χ1) is 8.79. The number of hydrogen-bond acceptors (Lipinski definition) is 5. The summed E-state index contributed by atoms with van der Waals surface area (Å²) < 4.78 is 0. The fraction of sp³-hybridized carbons (Fsp3) is 0.308. The van der Waals surface area contributed by atoms with E-state index in [1.807, 2.05) is 37.2 Å². The van der Waals surface area contributed by atoms with Crippen molar-refractivity contribution in [1.29, 1.82) is 0 Å². The van der Waals surface area contributed by atoms with Gasteiger partial charge in [0.05, 0.1) is 12.4 Å². The van der Waals surface area contributed by atoms with Crippen molar-refractivity contribution in [3.63, 3.8) is 0 Å². The van der Waals surface area contributed by atoms with Gasteiger partial charge >= 0.3 is 0 Å². The predicted octanol–water partition coefficient (Wildman–Crippen LogP) is 1.94. The lowest BCUT2D eigenvalue weighted by Gasteiger charge is -2.18. The third-order valence-electron chi connectivity index (χ3n) is 2.51. The van der Waals surface area contributed by atoms with Crippen LogP contribution in [0.15, 0.2) is 36.9 Å². The molecular weight excluding hydrogens is 226 g/mol. The number of nitrogens with one attached hydrogen (secondary N) is 1. The lowest BCUT2D eigenvalue weighted by Crippen LogP contribution is -2.18. The molecular formula is C13H17N5. The Bertz CT molecular complexity index is 486. The molecule has 0 bridgehead atoms. The summed E-state index contributed by atoms with van der Waals surface area (Å²) in [6.45, 7) is 3.64. The van der Waals surface area contributed by atoms with Crippen molar-refractivity contribution < 1.29 is 0 Å². The van der Waals surface area contributed by atoms with Crippen molar-refractivity contribution in [3.8, 4) is 0 Å². The van der Waals surface area contributed by atoms with Gasteiger partial charge in [0.15, 0.2) is 0 Å². The van der Waals surface area contributed by atoms with Gasteiger partial charge in [0, 0.05) is 32.5 Å². The Hall–Kier alpha value is -2.17. The molecule has 0 amide bonds. The first-order valence-electron chi connectivity index (χ1n) is 5.95. The normalized spacial score (nSPS) is 10.1.